The average Bonchev–Trinajstić information content (AvgIpc) is 2.82. The molecule has 100 valence electrons. The molecular formula is C13H18BrNO2S. The van der Waals surface area contributed by atoms with Crippen LogP contribution in [-0.2, 0) is 9.53 Å². The second-order valence-corrected chi connectivity index (χ2v) is 7.18. The van der Waals surface area contributed by atoms with Crippen molar-refractivity contribution < 1.29 is 9.53 Å². The molecule has 0 saturated carbocycles. The zero-order chi connectivity index (χ0) is 13.3. The Morgan fingerprint density at radius 3 is 2.72 bits per heavy atom. The number of rotatable bonds is 2. The lowest BCUT2D eigenvalue weighted by Gasteiger charge is -2.24. The number of esters is 1. The fraction of sp³-hybridized carbons (Fsp3) is 0.615. The van der Waals surface area contributed by atoms with E-state index in [2.05, 4.69) is 32.0 Å². The molecule has 1 N–H and O–H groups in total. The lowest BCUT2D eigenvalue weighted by Crippen LogP contribution is -2.31. The molecule has 1 aliphatic heterocycles. The Morgan fingerprint density at radius 2 is 2.17 bits per heavy atom. The Morgan fingerprint density at radius 1 is 1.44 bits per heavy atom. The molecule has 0 bridgehead atoms. The second kappa shape index (κ2) is 5.31. The minimum atomic E-state index is -0.421. The van der Waals surface area contributed by atoms with Gasteiger partial charge >= 0.3 is 5.97 Å². The van der Waals surface area contributed by atoms with Gasteiger partial charge in [0.1, 0.15) is 5.60 Å². The molecule has 3 nitrogen and oxygen atoms in total. The predicted octanol–water partition coefficient (Wildman–Crippen LogP) is 3.16. The van der Waals surface area contributed by atoms with Gasteiger partial charge in [0.15, 0.2) is 0 Å². The SMILES string of the molecule is CC(C)(C)OC(=O)C1CNCC1c1cscc1Br. The Kier molecular flexibility index (Phi) is 4.14. The van der Waals surface area contributed by atoms with E-state index in [-0.39, 0.29) is 17.8 Å². The lowest BCUT2D eigenvalue weighted by molar-refractivity contribution is -0.159. The van der Waals surface area contributed by atoms with E-state index in [1.165, 1.54) is 5.56 Å². The highest BCUT2D eigenvalue weighted by atomic mass is 79.9. The summed E-state index contributed by atoms with van der Waals surface area (Å²) < 4.78 is 6.59. The van der Waals surface area contributed by atoms with Crippen molar-refractivity contribution in [3.63, 3.8) is 0 Å². The molecule has 0 spiro atoms. The zero-order valence-electron chi connectivity index (χ0n) is 10.8. The zero-order valence-corrected chi connectivity index (χ0v) is 13.2. The van der Waals surface area contributed by atoms with Gasteiger partial charge in [0, 0.05) is 28.9 Å². The van der Waals surface area contributed by atoms with E-state index in [1.807, 2.05) is 20.8 Å². The molecule has 5 heteroatoms. The molecule has 0 aliphatic carbocycles. The Labute approximate surface area is 120 Å². The van der Waals surface area contributed by atoms with Crippen LogP contribution in [0.2, 0.25) is 0 Å². The molecule has 1 saturated heterocycles. The van der Waals surface area contributed by atoms with Gasteiger partial charge in [0.25, 0.3) is 0 Å². The highest BCUT2D eigenvalue weighted by Gasteiger charge is 2.37. The summed E-state index contributed by atoms with van der Waals surface area (Å²) in [5.41, 5.74) is 0.789. The van der Waals surface area contributed by atoms with Crippen molar-refractivity contribution in [3.8, 4) is 0 Å². The summed E-state index contributed by atoms with van der Waals surface area (Å²) in [7, 11) is 0. The predicted molar refractivity (Wildman–Crippen MR) is 77.0 cm³/mol. The molecule has 2 rings (SSSR count). The van der Waals surface area contributed by atoms with E-state index >= 15 is 0 Å². The summed E-state index contributed by atoms with van der Waals surface area (Å²) >= 11 is 5.20. The standard InChI is InChI=1S/C13H18BrNO2S/c1-13(2,3)17-12(16)9-5-15-4-8(9)10-6-18-7-11(10)14/h6-9,15H,4-5H2,1-3H3. The van der Waals surface area contributed by atoms with Gasteiger partial charge in [-0.1, -0.05) is 0 Å². The van der Waals surface area contributed by atoms with E-state index < -0.39 is 5.60 Å². The molecule has 1 aliphatic rings. The van der Waals surface area contributed by atoms with Crippen molar-refractivity contribution in [2.24, 2.45) is 5.92 Å². The second-order valence-electron chi connectivity index (χ2n) is 5.58. The molecule has 1 aromatic rings. The van der Waals surface area contributed by atoms with E-state index in [0.29, 0.717) is 6.54 Å². The van der Waals surface area contributed by atoms with Crippen LogP contribution in [0.15, 0.2) is 15.2 Å². The van der Waals surface area contributed by atoms with Crippen molar-refractivity contribution in [1.82, 2.24) is 5.32 Å². The van der Waals surface area contributed by atoms with Gasteiger partial charge < -0.3 is 10.1 Å². The molecule has 0 radical (unpaired) electrons. The first-order valence-corrected chi connectivity index (χ1v) is 7.77. The van der Waals surface area contributed by atoms with Crippen molar-refractivity contribution in [3.05, 3.63) is 20.8 Å². The van der Waals surface area contributed by atoms with E-state index in [0.717, 1.165) is 11.0 Å². The van der Waals surface area contributed by atoms with Crippen LogP contribution in [0.5, 0.6) is 0 Å². The molecule has 1 fully saturated rings. The Hall–Kier alpha value is -0.390. The van der Waals surface area contributed by atoms with Crippen molar-refractivity contribution in [2.75, 3.05) is 13.1 Å². The first kappa shape index (κ1) is 14.0. The van der Waals surface area contributed by atoms with Crippen LogP contribution in [0, 0.1) is 5.92 Å². The van der Waals surface area contributed by atoms with E-state index in [1.54, 1.807) is 11.3 Å². The fourth-order valence-corrected chi connectivity index (χ4v) is 3.84. The minimum absolute atomic E-state index is 0.0878. The summed E-state index contributed by atoms with van der Waals surface area (Å²) in [6, 6.07) is 0. The highest BCUT2D eigenvalue weighted by Crippen LogP contribution is 2.36. The molecule has 18 heavy (non-hydrogen) atoms. The first-order chi connectivity index (χ1) is 8.38. The Balaban J connectivity index is 2.13. The first-order valence-electron chi connectivity index (χ1n) is 6.03. The van der Waals surface area contributed by atoms with Gasteiger partial charge in [-0.2, -0.15) is 11.3 Å². The van der Waals surface area contributed by atoms with Crippen LogP contribution in [0.1, 0.15) is 32.3 Å². The topological polar surface area (TPSA) is 38.3 Å². The number of carbonyl (C=O) groups excluding carboxylic acids is 1. The summed E-state index contributed by atoms with van der Waals surface area (Å²) in [5.74, 6) is 0.0196. The van der Waals surface area contributed by atoms with E-state index in [9.17, 15) is 4.79 Å². The maximum atomic E-state index is 12.2. The fourth-order valence-electron chi connectivity index (χ4n) is 2.19. The summed E-state index contributed by atoms with van der Waals surface area (Å²) in [6.07, 6.45) is 0. The third kappa shape index (κ3) is 3.13. The summed E-state index contributed by atoms with van der Waals surface area (Å²) in [5, 5.41) is 7.45. The smallest absolute Gasteiger partial charge is 0.311 e. The van der Waals surface area contributed by atoms with Gasteiger partial charge in [0.05, 0.1) is 5.92 Å². The van der Waals surface area contributed by atoms with Crippen molar-refractivity contribution >= 4 is 33.2 Å². The quantitative estimate of drug-likeness (QED) is 0.846. The van der Waals surface area contributed by atoms with Gasteiger partial charge in [-0.15, -0.1) is 0 Å². The molecule has 1 aromatic heterocycles. The van der Waals surface area contributed by atoms with Gasteiger partial charge in [-0.3, -0.25) is 4.79 Å². The maximum Gasteiger partial charge on any atom is 0.311 e. The minimum Gasteiger partial charge on any atom is -0.460 e. The third-order valence-electron chi connectivity index (χ3n) is 2.97. The normalized spacial score (nSPS) is 24.2. The summed E-state index contributed by atoms with van der Waals surface area (Å²) in [4.78, 5) is 12.2. The van der Waals surface area contributed by atoms with Crippen LogP contribution in [0.4, 0.5) is 0 Å². The number of hydrogen-bond acceptors (Lipinski definition) is 4. The van der Waals surface area contributed by atoms with Crippen molar-refractivity contribution in [1.29, 1.82) is 0 Å². The van der Waals surface area contributed by atoms with Crippen molar-refractivity contribution in [2.45, 2.75) is 32.3 Å². The van der Waals surface area contributed by atoms with Gasteiger partial charge in [0.2, 0.25) is 0 Å². The lowest BCUT2D eigenvalue weighted by atomic mass is 9.90. The number of halogens is 1. The number of ether oxygens (including phenoxy) is 1. The van der Waals surface area contributed by atoms with Crippen LogP contribution >= 0.6 is 27.3 Å². The molecular weight excluding hydrogens is 314 g/mol. The van der Waals surface area contributed by atoms with Crippen LogP contribution in [0.25, 0.3) is 0 Å². The molecule has 2 atom stereocenters. The molecule has 0 amide bonds. The molecule has 2 unspecified atom stereocenters. The Bertz CT molecular complexity index is 438. The summed E-state index contributed by atoms with van der Waals surface area (Å²) in [6.45, 7) is 7.25. The number of nitrogens with one attached hydrogen (secondary N) is 1. The maximum absolute atomic E-state index is 12.2. The van der Waals surface area contributed by atoms with Crippen LogP contribution < -0.4 is 5.32 Å². The number of carbonyl (C=O) groups is 1. The van der Waals surface area contributed by atoms with Gasteiger partial charge in [-0.05, 0) is 47.6 Å². The largest absolute Gasteiger partial charge is 0.460 e. The number of hydrogen-bond donors (Lipinski definition) is 1. The highest BCUT2D eigenvalue weighted by molar-refractivity contribution is 9.10. The van der Waals surface area contributed by atoms with Crippen LogP contribution in [0.3, 0.4) is 0 Å². The number of thiophene rings is 1. The molecule has 2 heterocycles. The monoisotopic (exact) mass is 331 g/mol. The third-order valence-corrected chi connectivity index (χ3v) is 4.72. The van der Waals surface area contributed by atoms with Crippen LogP contribution in [-0.4, -0.2) is 24.7 Å². The van der Waals surface area contributed by atoms with E-state index in [4.69, 9.17) is 4.74 Å². The molecule has 0 aromatic carbocycles. The average molecular weight is 332 g/mol. The van der Waals surface area contributed by atoms with Gasteiger partial charge in [-0.25, -0.2) is 0 Å².